The first-order valence-corrected chi connectivity index (χ1v) is 10.9. The number of nitrogens with zero attached hydrogens (tertiary/aromatic N) is 1. The number of hydrogen-bond acceptors (Lipinski definition) is 8. The summed E-state index contributed by atoms with van der Waals surface area (Å²) in [5.41, 5.74) is 0.851. The Balaban J connectivity index is 1.55. The minimum atomic E-state index is -1.24. The molecule has 3 aromatic carbocycles. The molecule has 0 aromatic heterocycles. The summed E-state index contributed by atoms with van der Waals surface area (Å²) >= 11 is 0. The lowest BCUT2D eigenvalue weighted by Crippen LogP contribution is -2.41. The largest absolute Gasteiger partial charge is 0.459 e. The van der Waals surface area contributed by atoms with E-state index >= 15 is 0 Å². The molecule has 176 valence electrons. The Hall–Kier alpha value is -4.48. The maximum absolute atomic E-state index is 12.8. The number of esters is 3. The molecule has 1 aliphatic heterocycles. The Morgan fingerprint density at radius 3 is 1.57 bits per heavy atom. The van der Waals surface area contributed by atoms with Crippen LogP contribution in [0.15, 0.2) is 91.0 Å². The number of rotatable bonds is 7. The highest BCUT2D eigenvalue weighted by Crippen LogP contribution is 2.29. The highest BCUT2D eigenvalue weighted by atomic mass is 16.6. The molecule has 0 N–H and O–H groups in total. The van der Waals surface area contributed by atoms with E-state index in [1.807, 2.05) is 6.07 Å². The molecule has 0 radical (unpaired) electrons. The Bertz CT molecular complexity index is 1210. The first kappa shape index (κ1) is 23.7. The third-order valence-electron chi connectivity index (χ3n) is 5.33. The van der Waals surface area contributed by atoms with Gasteiger partial charge < -0.3 is 18.9 Å². The average molecular weight is 471 g/mol. The summed E-state index contributed by atoms with van der Waals surface area (Å²) in [6, 6.07) is 26.7. The minimum Gasteiger partial charge on any atom is -0.459 e. The van der Waals surface area contributed by atoms with Crippen LogP contribution in [-0.4, -0.2) is 48.9 Å². The van der Waals surface area contributed by atoms with Gasteiger partial charge in [-0.1, -0.05) is 54.6 Å². The molecule has 1 aliphatic rings. The molecule has 0 bridgehead atoms. The van der Waals surface area contributed by atoms with Gasteiger partial charge in [-0.15, -0.1) is 0 Å². The zero-order valence-electron chi connectivity index (χ0n) is 18.5. The van der Waals surface area contributed by atoms with Crippen LogP contribution in [0.1, 0.15) is 31.1 Å². The average Bonchev–Trinajstić information content (AvgIpc) is 3.24. The van der Waals surface area contributed by atoms with Gasteiger partial charge in [0.05, 0.1) is 22.8 Å². The van der Waals surface area contributed by atoms with E-state index in [1.54, 1.807) is 91.0 Å². The smallest absolute Gasteiger partial charge is 0.338 e. The standard InChI is InChI=1S/C27H21NO7/c28-16-21-23(34-26(30)19-12-6-2-7-13-19)24(35-27(31)20-14-8-3-9-15-20)22(33-21)17-32-25(29)18-10-4-1-5-11-18/h1-15,21-24H,17H2. The zero-order chi connectivity index (χ0) is 24.6. The molecule has 0 saturated carbocycles. The third kappa shape index (κ3) is 5.72. The Morgan fingerprint density at radius 1 is 0.686 bits per heavy atom. The highest BCUT2D eigenvalue weighted by Gasteiger charge is 2.50. The number of nitriles is 1. The molecular weight excluding hydrogens is 450 g/mol. The fraction of sp³-hybridized carbons (Fsp3) is 0.185. The lowest BCUT2D eigenvalue weighted by Gasteiger charge is -2.23. The van der Waals surface area contributed by atoms with Gasteiger partial charge in [-0.05, 0) is 36.4 Å². The number of carbonyl (C=O) groups is 3. The maximum Gasteiger partial charge on any atom is 0.338 e. The van der Waals surface area contributed by atoms with Crippen molar-refractivity contribution in [3.05, 3.63) is 108 Å². The first-order chi connectivity index (χ1) is 17.1. The molecule has 4 atom stereocenters. The van der Waals surface area contributed by atoms with Gasteiger partial charge in [-0.2, -0.15) is 5.26 Å². The van der Waals surface area contributed by atoms with Crippen molar-refractivity contribution in [2.24, 2.45) is 0 Å². The van der Waals surface area contributed by atoms with Gasteiger partial charge in [0.2, 0.25) is 0 Å². The summed E-state index contributed by atoms with van der Waals surface area (Å²) in [6.07, 6.45) is -4.70. The van der Waals surface area contributed by atoms with Crippen LogP contribution in [-0.2, 0) is 18.9 Å². The van der Waals surface area contributed by atoms with Gasteiger partial charge in [0.15, 0.2) is 18.3 Å². The quantitative estimate of drug-likeness (QED) is 0.380. The summed E-state index contributed by atoms with van der Waals surface area (Å²) in [6.45, 7) is -0.321. The minimum absolute atomic E-state index is 0.260. The second-order valence-corrected chi connectivity index (χ2v) is 7.66. The predicted molar refractivity (Wildman–Crippen MR) is 122 cm³/mol. The van der Waals surface area contributed by atoms with Crippen molar-refractivity contribution in [2.75, 3.05) is 6.61 Å². The molecule has 0 spiro atoms. The molecule has 3 aromatic rings. The van der Waals surface area contributed by atoms with Crippen molar-refractivity contribution in [2.45, 2.75) is 24.4 Å². The van der Waals surface area contributed by atoms with Crippen molar-refractivity contribution in [3.8, 4) is 6.07 Å². The topological polar surface area (TPSA) is 112 Å². The second-order valence-electron chi connectivity index (χ2n) is 7.66. The van der Waals surface area contributed by atoms with Gasteiger partial charge in [-0.3, -0.25) is 0 Å². The predicted octanol–water partition coefficient (Wildman–Crippen LogP) is 3.59. The summed E-state index contributed by atoms with van der Waals surface area (Å²) in [5.74, 6) is -2.01. The SMILES string of the molecule is N#CC1OC(COC(=O)c2ccccc2)C(OC(=O)c2ccccc2)C1OC(=O)c1ccccc1. The fourth-order valence-electron chi connectivity index (χ4n) is 3.58. The molecule has 4 rings (SSSR count). The van der Waals surface area contributed by atoms with E-state index in [0.717, 1.165) is 0 Å². The summed E-state index contributed by atoms with van der Waals surface area (Å²) in [7, 11) is 0. The van der Waals surface area contributed by atoms with Crippen LogP contribution < -0.4 is 0 Å². The van der Waals surface area contributed by atoms with Crippen molar-refractivity contribution >= 4 is 17.9 Å². The van der Waals surface area contributed by atoms with E-state index in [2.05, 4.69) is 0 Å². The van der Waals surface area contributed by atoms with E-state index in [-0.39, 0.29) is 17.7 Å². The summed E-state index contributed by atoms with van der Waals surface area (Å²) in [5, 5.41) is 9.65. The lowest BCUT2D eigenvalue weighted by molar-refractivity contribution is -0.0437. The van der Waals surface area contributed by atoms with Gasteiger partial charge in [0, 0.05) is 0 Å². The number of carbonyl (C=O) groups excluding carboxylic acids is 3. The first-order valence-electron chi connectivity index (χ1n) is 10.9. The van der Waals surface area contributed by atoms with E-state index < -0.39 is 42.3 Å². The number of hydrogen-bond donors (Lipinski definition) is 0. The van der Waals surface area contributed by atoms with Crippen LogP contribution in [0, 0.1) is 11.3 Å². The van der Waals surface area contributed by atoms with Gasteiger partial charge in [-0.25, -0.2) is 14.4 Å². The molecule has 8 heteroatoms. The molecule has 35 heavy (non-hydrogen) atoms. The van der Waals surface area contributed by atoms with Crippen LogP contribution in [0.3, 0.4) is 0 Å². The van der Waals surface area contributed by atoms with Crippen molar-refractivity contribution < 1.29 is 33.3 Å². The van der Waals surface area contributed by atoms with E-state index in [9.17, 15) is 19.6 Å². The Kier molecular flexibility index (Phi) is 7.50. The van der Waals surface area contributed by atoms with Crippen LogP contribution in [0.5, 0.6) is 0 Å². The number of benzene rings is 3. The molecule has 4 unspecified atom stereocenters. The molecule has 0 aliphatic carbocycles. The van der Waals surface area contributed by atoms with Crippen molar-refractivity contribution in [1.29, 1.82) is 5.26 Å². The molecule has 1 fully saturated rings. The normalized spacial score (nSPS) is 20.9. The molecule has 0 amide bonds. The molecule has 1 heterocycles. The van der Waals surface area contributed by atoms with Crippen molar-refractivity contribution in [3.63, 3.8) is 0 Å². The van der Waals surface area contributed by atoms with Crippen LogP contribution in [0.4, 0.5) is 0 Å². The Labute approximate surface area is 201 Å². The monoisotopic (exact) mass is 471 g/mol. The fourth-order valence-corrected chi connectivity index (χ4v) is 3.58. The molecule has 1 saturated heterocycles. The third-order valence-corrected chi connectivity index (χ3v) is 5.33. The van der Waals surface area contributed by atoms with E-state index in [0.29, 0.717) is 5.56 Å². The van der Waals surface area contributed by atoms with Gasteiger partial charge in [0.1, 0.15) is 12.7 Å². The summed E-state index contributed by atoms with van der Waals surface area (Å²) < 4.78 is 22.3. The maximum atomic E-state index is 12.8. The summed E-state index contributed by atoms with van der Waals surface area (Å²) in [4.78, 5) is 37.9. The van der Waals surface area contributed by atoms with Crippen LogP contribution in [0.2, 0.25) is 0 Å². The highest BCUT2D eigenvalue weighted by molar-refractivity contribution is 5.91. The van der Waals surface area contributed by atoms with Gasteiger partial charge in [0.25, 0.3) is 0 Å². The van der Waals surface area contributed by atoms with Crippen LogP contribution >= 0.6 is 0 Å². The van der Waals surface area contributed by atoms with Crippen molar-refractivity contribution in [1.82, 2.24) is 0 Å². The Morgan fingerprint density at radius 2 is 1.11 bits per heavy atom. The molecule has 8 nitrogen and oxygen atoms in total. The van der Waals surface area contributed by atoms with E-state index in [4.69, 9.17) is 18.9 Å². The van der Waals surface area contributed by atoms with Gasteiger partial charge >= 0.3 is 17.9 Å². The second kappa shape index (κ2) is 11.1. The zero-order valence-corrected chi connectivity index (χ0v) is 18.5. The number of ether oxygens (including phenoxy) is 4. The van der Waals surface area contributed by atoms with E-state index in [1.165, 1.54) is 0 Å². The lowest BCUT2D eigenvalue weighted by atomic mass is 10.1. The van der Waals surface area contributed by atoms with Crippen LogP contribution in [0.25, 0.3) is 0 Å². The molecular formula is C27H21NO7.